The quantitative estimate of drug-likeness (QED) is 0.882. The molecular formula is C14H20N2O3S. The maximum absolute atomic E-state index is 12.2. The summed E-state index contributed by atoms with van der Waals surface area (Å²) in [7, 11) is -3.36. The lowest BCUT2D eigenvalue weighted by Crippen LogP contribution is -2.34. The van der Waals surface area contributed by atoms with Gasteiger partial charge in [-0.3, -0.25) is 4.79 Å². The minimum Gasteiger partial charge on any atom is -0.327 e. The SMILES string of the molecule is CCS(=O)(=O)c1ccccc1NC(=O)C1CCCC1N. The van der Waals surface area contributed by atoms with Crippen LogP contribution in [0.4, 0.5) is 5.69 Å². The second kappa shape index (κ2) is 5.93. The van der Waals surface area contributed by atoms with Crippen molar-refractivity contribution in [2.75, 3.05) is 11.1 Å². The van der Waals surface area contributed by atoms with Gasteiger partial charge >= 0.3 is 0 Å². The minimum atomic E-state index is -3.36. The van der Waals surface area contributed by atoms with Gasteiger partial charge in [0.25, 0.3) is 0 Å². The van der Waals surface area contributed by atoms with E-state index in [1.807, 2.05) is 0 Å². The summed E-state index contributed by atoms with van der Waals surface area (Å²) in [4.78, 5) is 12.4. The number of carbonyl (C=O) groups is 1. The molecule has 5 nitrogen and oxygen atoms in total. The van der Waals surface area contributed by atoms with Crippen LogP contribution in [0.5, 0.6) is 0 Å². The summed E-state index contributed by atoms with van der Waals surface area (Å²) >= 11 is 0. The highest BCUT2D eigenvalue weighted by molar-refractivity contribution is 7.91. The Morgan fingerprint density at radius 1 is 1.35 bits per heavy atom. The molecule has 1 amide bonds. The first-order valence-corrected chi connectivity index (χ1v) is 8.49. The fourth-order valence-corrected chi connectivity index (χ4v) is 3.59. The van der Waals surface area contributed by atoms with Gasteiger partial charge in [0.2, 0.25) is 5.91 Å². The molecule has 3 N–H and O–H groups in total. The van der Waals surface area contributed by atoms with Crippen molar-refractivity contribution in [2.45, 2.75) is 37.1 Å². The summed E-state index contributed by atoms with van der Waals surface area (Å²) < 4.78 is 24.0. The Labute approximate surface area is 119 Å². The van der Waals surface area contributed by atoms with Crippen LogP contribution in [0.25, 0.3) is 0 Å². The van der Waals surface area contributed by atoms with Crippen LogP contribution in [0.3, 0.4) is 0 Å². The maximum Gasteiger partial charge on any atom is 0.229 e. The molecule has 0 spiro atoms. The van der Waals surface area contributed by atoms with E-state index >= 15 is 0 Å². The van der Waals surface area contributed by atoms with E-state index in [-0.39, 0.29) is 28.5 Å². The average molecular weight is 296 g/mol. The molecule has 2 rings (SSSR count). The number of hydrogen-bond donors (Lipinski definition) is 2. The number of nitrogens with one attached hydrogen (secondary N) is 1. The summed E-state index contributed by atoms with van der Waals surface area (Å²) in [5, 5.41) is 2.73. The van der Waals surface area contributed by atoms with E-state index in [1.54, 1.807) is 25.1 Å². The normalized spacial score (nSPS) is 22.7. The Morgan fingerprint density at radius 2 is 2.05 bits per heavy atom. The largest absolute Gasteiger partial charge is 0.327 e. The number of sulfone groups is 1. The van der Waals surface area contributed by atoms with Crippen LogP contribution in [-0.4, -0.2) is 26.1 Å². The highest BCUT2D eigenvalue weighted by Crippen LogP contribution is 2.27. The molecule has 0 radical (unpaired) electrons. The van der Waals surface area contributed by atoms with Crippen molar-refractivity contribution in [2.24, 2.45) is 11.7 Å². The Balaban J connectivity index is 2.24. The van der Waals surface area contributed by atoms with Crippen LogP contribution < -0.4 is 11.1 Å². The molecule has 1 aliphatic carbocycles. The first-order valence-electron chi connectivity index (χ1n) is 6.84. The third kappa shape index (κ3) is 3.02. The van der Waals surface area contributed by atoms with E-state index in [9.17, 15) is 13.2 Å². The molecule has 20 heavy (non-hydrogen) atoms. The smallest absolute Gasteiger partial charge is 0.229 e. The lowest BCUT2D eigenvalue weighted by Gasteiger charge is -2.17. The summed E-state index contributed by atoms with van der Waals surface area (Å²) in [6, 6.07) is 6.35. The van der Waals surface area contributed by atoms with Crippen LogP contribution in [0, 0.1) is 5.92 Å². The third-order valence-corrected chi connectivity index (χ3v) is 5.55. The van der Waals surface area contributed by atoms with Crippen molar-refractivity contribution in [3.63, 3.8) is 0 Å². The molecule has 0 aromatic heterocycles. The van der Waals surface area contributed by atoms with Crippen molar-refractivity contribution < 1.29 is 13.2 Å². The van der Waals surface area contributed by atoms with E-state index in [1.165, 1.54) is 6.07 Å². The predicted molar refractivity (Wildman–Crippen MR) is 78.1 cm³/mol. The Bertz CT molecular complexity index is 598. The number of amides is 1. The van der Waals surface area contributed by atoms with E-state index in [2.05, 4.69) is 5.32 Å². The molecule has 2 atom stereocenters. The fraction of sp³-hybridized carbons (Fsp3) is 0.500. The summed E-state index contributed by atoms with van der Waals surface area (Å²) in [6.07, 6.45) is 2.54. The number of carbonyl (C=O) groups excluding carboxylic acids is 1. The number of para-hydroxylation sites is 1. The minimum absolute atomic E-state index is 0.00280. The molecule has 6 heteroatoms. The van der Waals surface area contributed by atoms with Crippen LogP contribution in [0.15, 0.2) is 29.2 Å². The monoisotopic (exact) mass is 296 g/mol. The van der Waals surface area contributed by atoms with Gasteiger partial charge in [0, 0.05) is 6.04 Å². The Hall–Kier alpha value is -1.40. The third-order valence-electron chi connectivity index (χ3n) is 3.77. The Kier molecular flexibility index (Phi) is 4.45. The molecule has 1 aromatic carbocycles. The molecule has 1 saturated carbocycles. The van der Waals surface area contributed by atoms with Crippen molar-refractivity contribution >= 4 is 21.4 Å². The number of hydrogen-bond acceptors (Lipinski definition) is 4. The molecule has 1 aliphatic rings. The summed E-state index contributed by atoms with van der Waals surface area (Å²) in [5.74, 6) is -0.413. The molecule has 110 valence electrons. The highest BCUT2D eigenvalue weighted by atomic mass is 32.2. The van der Waals surface area contributed by atoms with Crippen LogP contribution in [0.2, 0.25) is 0 Å². The molecule has 1 aromatic rings. The van der Waals surface area contributed by atoms with E-state index in [0.29, 0.717) is 5.69 Å². The second-order valence-electron chi connectivity index (χ2n) is 5.09. The first-order chi connectivity index (χ1) is 9.45. The van der Waals surface area contributed by atoms with Gasteiger partial charge in [-0.2, -0.15) is 0 Å². The second-order valence-corrected chi connectivity index (χ2v) is 7.34. The van der Waals surface area contributed by atoms with Gasteiger partial charge in [-0.25, -0.2) is 8.42 Å². The van der Waals surface area contributed by atoms with Crippen LogP contribution >= 0.6 is 0 Å². The van der Waals surface area contributed by atoms with Gasteiger partial charge in [-0.15, -0.1) is 0 Å². The number of rotatable bonds is 4. The number of benzene rings is 1. The molecule has 0 saturated heterocycles. The van der Waals surface area contributed by atoms with Gasteiger partial charge in [-0.1, -0.05) is 25.5 Å². The zero-order valence-electron chi connectivity index (χ0n) is 11.5. The molecule has 0 bridgehead atoms. The van der Waals surface area contributed by atoms with Gasteiger partial charge in [0.05, 0.1) is 22.3 Å². The molecule has 2 unspecified atom stereocenters. The van der Waals surface area contributed by atoms with Crippen molar-refractivity contribution in [1.82, 2.24) is 0 Å². The van der Waals surface area contributed by atoms with Gasteiger partial charge in [0.15, 0.2) is 9.84 Å². The van der Waals surface area contributed by atoms with E-state index < -0.39 is 9.84 Å². The molecular weight excluding hydrogens is 276 g/mol. The van der Waals surface area contributed by atoms with Crippen LogP contribution in [-0.2, 0) is 14.6 Å². The van der Waals surface area contributed by atoms with E-state index in [0.717, 1.165) is 19.3 Å². The van der Waals surface area contributed by atoms with Gasteiger partial charge in [-0.05, 0) is 25.0 Å². The molecule has 0 heterocycles. The summed E-state index contributed by atoms with van der Waals surface area (Å²) in [5.41, 5.74) is 6.25. The molecule has 1 fully saturated rings. The highest BCUT2D eigenvalue weighted by Gasteiger charge is 2.31. The zero-order valence-corrected chi connectivity index (χ0v) is 12.3. The van der Waals surface area contributed by atoms with Gasteiger partial charge < -0.3 is 11.1 Å². The standard InChI is InChI=1S/C14H20N2O3S/c1-2-20(18,19)13-9-4-3-8-12(13)16-14(17)10-6-5-7-11(10)15/h3-4,8-11H,2,5-7,15H2,1H3,(H,16,17). The topological polar surface area (TPSA) is 89.3 Å². The predicted octanol–water partition coefficient (Wildman–Crippen LogP) is 1.55. The van der Waals surface area contributed by atoms with Crippen LogP contribution in [0.1, 0.15) is 26.2 Å². The lowest BCUT2D eigenvalue weighted by molar-refractivity contribution is -0.120. The zero-order chi connectivity index (χ0) is 14.8. The van der Waals surface area contributed by atoms with Gasteiger partial charge in [0.1, 0.15) is 0 Å². The summed E-state index contributed by atoms with van der Waals surface area (Å²) in [6.45, 7) is 1.58. The average Bonchev–Trinajstić information content (AvgIpc) is 2.85. The van der Waals surface area contributed by atoms with Crippen molar-refractivity contribution in [3.8, 4) is 0 Å². The molecule has 0 aliphatic heterocycles. The maximum atomic E-state index is 12.2. The Morgan fingerprint density at radius 3 is 2.65 bits per heavy atom. The fourth-order valence-electron chi connectivity index (χ4n) is 2.54. The lowest BCUT2D eigenvalue weighted by atomic mass is 10.0. The number of anilines is 1. The van der Waals surface area contributed by atoms with E-state index in [4.69, 9.17) is 5.73 Å². The first kappa shape index (κ1) is 15.0. The van der Waals surface area contributed by atoms with Crippen molar-refractivity contribution in [3.05, 3.63) is 24.3 Å². The van der Waals surface area contributed by atoms with Crippen molar-refractivity contribution in [1.29, 1.82) is 0 Å². The number of nitrogens with two attached hydrogens (primary N) is 1.